The summed E-state index contributed by atoms with van der Waals surface area (Å²) in [5, 5.41) is 13.8. The van der Waals surface area contributed by atoms with Gasteiger partial charge in [-0.1, -0.05) is 0 Å². The summed E-state index contributed by atoms with van der Waals surface area (Å²) in [6.07, 6.45) is 3.02. The molecule has 1 aliphatic heterocycles. The van der Waals surface area contributed by atoms with Crippen molar-refractivity contribution in [3.63, 3.8) is 0 Å². The average Bonchev–Trinajstić information content (AvgIpc) is 3.50. The Kier molecular flexibility index (Phi) is 8.28. The van der Waals surface area contributed by atoms with E-state index >= 15 is 0 Å². The lowest BCUT2D eigenvalue weighted by Crippen LogP contribution is -2.53. The van der Waals surface area contributed by atoms with Crippen LogP contribution in [0.4, 0.5) is 16.4 Å². The zero-order valence-electron chi connectivity index (χ0n) is 27.3. The highest BCUT2D eigenvalue weighted by Gasteiger charge is 2.33. The molecule has 4 aromatic rings. The first-order valence-corrected chi connectivity index (χ1v) is 15.7. The van der Waals surface area contributed by atoms with Gasteiger partial charge in [-0.15, -0.1) is 0 Å². The molecular weight excluding hydrogens is 604 g/mol. The van der Waals surface area contributed by atoms with Crippen molar-refractivity contribution < 1.29 is 29.0 Å². The second-order valence-electron chi connectivity index (χ2n) is 13.4. The molecule has 2 amide bonds. The molecule has 1 aromatic carbocycles. The van der Waals surface area contributed by atoms with Crippen LogP contribution in [0, 0.1) is 18.8 Å². The number of carbonyl (C=O) groups is 3. The van der Waals surface area contributed by atoms with Gasteiger partial charge in [-0.25, -0.2) is 19.3 Å². The fourth-order valence-corrected chi connectivity index (χ4v) is 6.24. The number of amides is 2. The molecule has 0 unspecified atom stereocenters. The van der Waals surface area contributed by atoms with Crippen molar-refractivity contribution in [2.24, 2.45) is 18.9 Å². The number of piperazine rings is 1. The van der Waals surface area contributed by atoms with Crippen LogP contribution in [-0.2, 0) is 23.1 Å². The number of anilines is 2. The monoisotopic (exact) mass is 644 g/mol. The van der Waals surface area contributed by atoms with Crippen molar-refractivity contribution in [2.75, 3.05) is 36.9 Å². The molecule has 1 saturated heterocycles. The summed E-state index contributed by atoms with van der Waals surface area (Å²) in [5.74, 6) is 0.463. The summed E-state index contributed by atoms with van der Waals surface area (Å²) >= 11 is 0. The van der Waals surface area contributed by atoms with Gasteiger partial charge in [-0.2, -0.15) is 5.10 Å². The van der Waals surface area contributed by atoms with Gasteiger partial charge in [-0.3, -0.25) is 14.7 Å². The van der Waals surface area contributed by atoms with Crippen molar-refractivity contribution in [1.82, 2.24) is 29.2 Å². The normalized spacial score (nSPS) is 18.4. The third kappa shape index (κ3) is 6.71. The number of ether oxygens (including phenoxy) is 2. The molecule has 14 heteroatoms. The van der Waals surface area contributed by atoms with Crippen molar-refractivity contribution in [3.05, 3.63) is 47.8 Å². The highest BCUT2D eigenvalue weighted by atomic mass is 16.6. The minimum absolute atomic E-state index is 0.0505. The van der Waals surface area contributed by atoms with E-state index in [9.17, 15) is 19.5 Å². The van der Waals surface area contributed by atoms with Crippen LogP contribution in [0.1, 0.15) is 49.7 Å². The third-order valence-corrected chi connectivity index (χ3v) is 8.54. The maximum absolute atomic E-state index is 13.1. The van der Waals surface area contributed by atoms with Crippen LogP contribution < -0.4 is 15.4 Å². The standard InChI is InChI=1S/C33H40N8O6/c1-19-10-22(30(43)44)13-26(36-19)24-15-35-38(5)29(24)46-18-21-11-20(12-21)16-41-27-14-23(6-7-25(27)37-31(41)34)40-9-8-39(17-28(40)42)32(45)47-33(2,3)4/h6-7,10,13-15,20-21H,8-9,11-12,16-18H2,1-5H3,(H2,34,37)(H,43,44). The summed E-state index contributed by atoms with van der Waals surface area (Å²) < 4.78 is 15.3. The molecule has 3 aromatic heterocycles. The molecule has 2 fully saturated rings. The van der Waals surface area contributed by atoms with E-state index in [0.29, 0.717) is 66.9 Å². The SMILES string of the molecule is Cc1cc(C(=O)O)cc(-c2cnn(C)c2OCC2CC(Cn3c(N)nc4ccc(N5CCN(C(=O)OC(C)(C)C)CC5=O)cc43)C2)n1. The molecule has 0 radical (unpaired) electrons. The Labute approximate surface area is 272 Å². The number of nitrogen functional groups attached to an aromatic ring is 1. The summed E-state index contributed by atoms with van der Waals surface area (Å²) in [5.41, 5.74) is 9.98. The highest BCUT2D eigenvalue weighted by Crippen LogP contribution is 2.38. The van der Waals surface area contributed by atoms with Crippen LogP contribution in [0.3, 0.4) is 0 Å². The first-order valence-electron chi connectivity index (χ1n) is 15.7. The fourth-order valence-electron chi connectivity index (χ4n) is 6.24. The summed E-state index contributed by atoms with van der Waals surface area (Å²) in [7, 11) is 1.78. The van der Waals surface area contributed by atoms with Crippen molar-refractivity contribution in [2.45, 2.75) is 52.7 Å². The lowest BCUT2D eigenvalue weighted by Gasteiger charge is -2.36. The number of carboxylic acids is 1. The van der Waals surface area contributed by atoms with E-state index in [2.05, 4.69) is 15.1 Å². The highest BCUT2D eigenvalue weighted by molar-refractivity contribution is 5.99. The number of hydrogen-bond donors (Lipinski definition) is 2. The predicted molar refractivity (Wildman–Crippen MR) is 174 cm³/mol. The van der Waals surface area contributed by atoms with E-state index in [1.54, 1.807) is 50.5 Å². The van der Waals surface area contributed by atoms with Crippen molar-refractivity contribution >= 4 is 40.6 Å². The van der Waals surface area contributed by atoms with Crippen LogP contribution in [-0.4, -0.2) is 84.1 Å². The van der Waals surface area contributed by atoms with E-state index in [-0.39, 0.29) is 18.0 Å². The number of hydrogen-bond acceptors (Lipinski definition) is 9. The van der Waals surface area contributed by atoms with Crippen LogP contribution in [0.15, 0.2) is 36.5 Å². The van der Waals surface area contributed by atoms with Gasteiger partial charge in [0.15, 0.2) is 0 Å². The zero-order valence-corrected chi connectivity index (χ0v) is 27.3. The molecule has 14 nitrogen and oxygen atoms in total. The van der Waals surface area contributed by atoms with Gasteiger partial charge < -0.3 is 29.8 Å². The van der Waals surface area contributed by atoms with E-state index in [0.717, 1.165) is 29.6 Å². The van der Waals surface area contributed by atoms with Gasteiger partial charge in [0.25, 0.3) is 0 Å². The second-order valence-corrected chi connectivity index (χ2v) is 13.4. The summed E-state index contributed by atoms with van der Waals surface area (Å²) in [6, 6.07) is 8.74. The maximum atomic E-state index is 13.1. The average molecular weight is 645 g/mol. The van der Waals surface area contributed by atoms with Gasteiger partial charge in [0.1, 0.15) is 12.1 Å². The van der Waals surface area contributed by atoms with E-state index in [1.807, 2.05) is 22.8 Å². The third-order valence-electron chi connectivity index (χ3n) is 8.54. The summed E-state index contributed by atoms with van der Waals surface area (Å²) in [4.78, 5) is 49.3. The van der Waals surface area contributed by atoms with Crippen molar-refractivity contribution in [1.29, 1.82) is 0 Å². The Hall–Kier alpha value is -5.14. The second kappa shape index (κ2) is 12.2. The van der Waals surface area contributed by atoms with Crippen LogP contribution in [0.2, 0.25) is 0 Å². The molecule has 0 spiro atoms. The Balaban J connectivity index is 1.08. The molecule has 1 saturated carbocycles. The van der Waals surface area contributed by atoms with Gasteiger partial charge in [-0.05, 0) is 82.7 Å². The molecule has 4 heterocycles. The Morgan fingerprint density at radius 2 is 1.85 bits per heavy atom. The molecule has 2 aliphatic rings. The van der Waals surface area contributed by atoms with E-state index in [4.69, 9.17) is 15.2 Å². The lowest BCUT2D eigenvalue weighted by atomic mass is 9.75. The molecule has 248 valence electrons. The molecule has 6 rings (SSSR count). The number of aromatic carboxylic acids is 1. The number of carboxylic acid groups (broad SMARTS) is 1. The number of aryl methyl sites for hydroxylation is 2. The Morgan fingerprint density at radius 3 is 2.55 bits per heavy atom. The van der Waals surface area contributed by atoms with Crippen molar-refractivity contribution in [3.8, 4) is 17.1 Å². The number of pyridine rings is 1. The smallest absolute Gasteiger partial charge is 0.410 e. The zero-order chi connectivity index (χ0) is 33.6. The molecule has 47 heavy (non-hydrogen) atoms. The number of nitrogens with two attached hydrogens (primary N) is 1. The molecular formula is C33H40N8O6. The minimum atomic E-state index is -1.02. The molecule has 1 aliphatic carbocycles. The number of carbonyl (C=O) groups excluding carboxylic acids is 2. The van der Waals surface area contributed by atoms with Gasteiger partial charge in [0, 0.05) is 38.1 Å². The van der Waals surface area contributed by atoms with Crippen LogP contribution in [0.5, 0.6) is 5.88 Å². The number of imidazole rings is 1. The lowest BCUT2D eigenvalue weighted by molar-refractivity contribution is -0.121. The maximum Gasteiger partial charge on any atom is 0.410 e. The van der Waals surface area contributed by atoms with Gasteiger partial charge in [0.2, 0.25) is 17.7 Å². The first-order chi connectivity index (χ1) is 22.3. The number of rotatable bonds is 8. The number of benzene rings is 1. The topological polar surface area (TPSA) is 171 Å². The summed E-state index contributed by atoms with van der Waals surface area (Å²) in [6.45, 7) is 9.01. The van der Waals surface area contributed by atoms with Gasteiger partial charge in [0.05, 0.1) is 40.7 Å². The number of nitrogens with zero attached hydrogens (tertiary/aromatic N) is 7. The molecule has 0 atom stereocenters. The fraction of sp³-hybridized carbons (Fsp3) is 0.455. The first kappa shape index (κ1) is 31.8. The van der Waals surface area contributed by atoms with Crippen LogP contribution in [0.25, 0.3) is 22.3 Å². The molecule has 3 N–H and O–H groups in total. The van der Waals surface area contributed by atoms with Gasteiger partial charge >= 0.3 is 12.1 Å². The quantitative estimate of drug-likeness (QED) is 0.284. The van der Waals surface area contributed by atoms with E-state index in [1.165, 1.54) is 17.0 Å². The Morgan fingerprint density at radius 1 is 1.09 bits per heavy atom. The number of aromatic nitrogens is 5. The minimum Gasteiger partial charge on any atom is -0.478 e. The Bertz CT molecular complexity index is 1850. The predicted octanol–water partition coefficient (Wildman–Crippen LogP) is 4.11. The van der Waals surface area contributed by atoms with Crippen LogP contribution >= 0.6 is 0 Å². The van der Waals surface area contributed by atoms with E-state index < -0.39 is 17.7 Å². The number of fused-ring (bicyclic) bond motifs is 1. The molecule has 0 bridgehead atoms. The largest absolute Gasteiger partial charge is 0.478 e.